The molecule has 3 rings (SSSR count). The van der Waals surface area contributed by atoms with Gasteiger partial charge < -0.3 is 5.11 Å². The summed E-state index contributed by atoms with van der Waals surface area (Å²) in [6.45, 7) is 6.01. The Morgan fingerprint density at radius 3 is 2.41 bits per heavy atom. The van der Waals surface area contributed by atoms with Crippen LogP contribution in [-0.4, -0.2) is 14.7 Å². The fraction of sp³-hybridized carbons (Fsp3) is 0.222. The molecule has 1 N–H and O–H groups in total. The number of aromatic hydroxyl groups is 1. The molecule has 3 aromatic rings. The second-order valence-electron chi connectivity index (χ2n) is 5.80. The molecule has 1 aromatic heterocycles. The van der Waals surface area contributed by atoms with Crippen molar-refractivity contribution in [1.29, 1.82) is 0 Å². The Hall–Kier alpha value is -2.62. The van der Waals surface area contributed by atoms with Gasteiger partial charge in [-0.2, -0.15) is 0 Å². The lowest BCUT2D eigenvalue weighted by Crippen LogP contribution is -2.24. The monoisotopic (exact) mass is 294 g/mol. The smallest absolute Gasteiger partial charge is 0.265 e. The van der Waals surface area contributed by atoms with Crippen LogP contribution in [0.4, 0.5) is 0 Å². The summed E-state index contributed by atoms with van der Waals surface area (Å²) in [5.74, 6) is 0.884. The molecule has 0 aliphatic rings. The Bertz CT molecular complexity index is 893. The summed E-state index contributed by atoms with van der Waals surface area (Å²) in [6, 6.07) is 12.5. The van der Waals surface area contributed by atoms with Crippen LogP contribution in [0, 0.1) is 6.92 Å². The van der Waals surface area contributed by atoms with E-state index in [2.05, 4.69) is 4.98 Å². The molecule has 0 fully saturated rings. The highest BCUT2D eigenvalue weighted by Crippen LogP contribution is 2.21. The second kappa shape index (κ2) is 5.30. The van der Waals surface area contributed by atoms with Crippen LogP contribution < -0.4 is 5.56 Å². The molecule has 0 aliphatic heterocycles. The molecule has 0 aliphatic carbocycles. The van der Waals surface area contributed by atoms with Gasteiger partial charge in [0.2, 0.25) is 0 Å². The molecule has 0 amide bonds. The van der Waals surface area contributed by atoms with Gasteiger partial charge in [0.1, 0.15) is 11.6 Å². The van der Waals surface area contributed by atoms with E-state index in [0.29, 0.717) is 16.7 Å². The van der Waals surface area contributed by atoms with Gasteiger partial charge >= 0.3 is 0 Å². The van der Waals surface area contributed by atoms with Crippen LogP contribution in [0.2, 0.25) is 0 Å². The van der Waals surface area contributed by atoms with E-state index in [0.717, 1.165) is 11.3 Å². The van der Waals surface area contributed by atoms with E-state index in [4.69, 9.17) is 0 Å². The van der Waals surface area contributed by atoms with Crippen molar-refractivity contribution in [3.05, 3.63) is 64.2 Å². The van der Waals surface area contributed by atoms with E-state index < -0.39 is 0 Å². The van der Waals surface area contributed by atoms with E-state index in [9.17, 15) is 9.90 Å². The maximum absolute atomic E-state index is 12.9. The third-order valence-electron chi connectivity index (χ3n) is 3.69. The summed E-state index contributed by atoms with van der Waals surface area (Å²) >= 11 is 0. The maximum Gasteiger partial charge on any atom is 0.265 e. The first-order valence-corrected chi connectivity index (χ1v) is 7.30. The van der Waals surface area contributed by atoms with Crippen LogP contribution in [0.25, 0.3) is 16.6 Å². The Morgan fingerprint density at radius 2 is 1.77 bits per heavy atom. The second-order valence-corrected chi connectivity index (χ2v) is 5.80. The zero-order valence-corrected chi connectivity index (χ0v) is 12.9. The van der Waals surface area contributed by atoms with E-state index in [1.165, 1.54) is 12.1 Å². The molecule has 0 bridgehead atoms. The summed E-state index contributed by atoms with van der Waals surface area (Å²) in [5.41, 5.74) is 2.36. The molecular formula is C18H18N2O2. The van der Waals surface area contributed by atoms with Crippen molar-refractivity contribution in [1.82, 2.24) is 9.55 Å². The lowest BCUT2D eigenvalue weighted by Gasteiger charge is -2.16. The average molecular weight is 294 g/mol. The number of aromatic nitrogens is 2. The van der Waals surface area contributed by atoms with Crippen molar-refractivity contribution >= 4 is 10.9 Å². The van der Waals surface area contributed by atoms with Gasteiger partial charge in [-0.05, 0) is 31.2 Å². The van der Waals surface area contributed by atoms with Gasteiger partial charge in [0.05, 0.1) is 16.6 Å². The number of hydrogen-bond acceptors (Lipinski definition) is 3. The standard InChI is InChI=1S/C18H18N2O2/c1-11(2)17-19-16-10-14(21)8-9-15(16)18(22)20(17)13-6-4-12(3)5-7-13/h4-11,21H,1-3H3. The highest BCUT2D eigenvalue weighted by atomic mass is 16.3. The summed E-state index contributed by atoms with van der Waals surface area (Å²) in [5, 5.41) is 10.1. The van der Waals surface area contributed by atoms with Crippen LogP contribution in [0.15, 0.2) is 47.3 Å². The van der Waals surface area contributed by atoms with Crippen molar-refractivity contribution in [3.63, 3.8) is 0 Å². The van der Waals surface area contributed by atoms with E-state index in [1.54, 1.807) is 10.6 Å². The Morgan fingerprint density at radius 1 is 1.09 bits per heavy atom. The molecule has 0 radical (unpaired) electrons. The van der Waals surface area contributed by atoms with E-state index in [-0.39, 0.29) is 17.2 Å². The first kappa shape index (κ1) is 14.3. The van der Waals surface area contributed by atoms with Crippen LogP contribution >= 0.6 is 0 Å². The van der Waals surface area contributed by atoms with Crippen LogP contribution in [-0.2, 0) is 0 Å². The van der Waals surface area contributed by atoms with Crippen LogP contribution in [0.3, 0.4) is 0 Å². The zero-order valence-electron chi connectivity index (χ0n) is 12.9. The minimum Gasteiger partial charge on any atom is -0.508 e. The number of nitrogens with zero attached hydrogens (tertiary/aromatic N) is 2. The lowest BCUT2D eigenvalue weighted by atomic mass is 10.1. The summed E-state index contributed by atoms with van der Waals surface area (Å²) < 4.78 is 1.66. The minimum atomic E-state index is -0.113. The normalized spacial score (nSPS) is 11.3. The predicted octanol–water partition coefficient (Wildman–Crippen LogP) is 3.52. The Balaban J connectivity index is 2.39. The molecule has 0 saturated heterocycles. The molecule has 0 unspecified atom stereocenters. The van der Waals surface area contributed by atoms with Crippen molar-refractivity contribution in [2.45, 2.75) is 26.7 Å². The van der Waals surface area contributed by atoms with Gasteiger partial charge in [-0.15, -0.1) is 0 Å². The number of hydrogen-bond donors (Lipinski definition) is 1. The Labute approximate surface area is 128 Å². The molecule has 4 nitrogen and oxygen atoms in total. The topological polar surface area (TPSA) is 55.1 Å². The minimum absolute atomic E-state index is 0.0840. The summed E-state index contributed by atoms with van der Waals surface area (Å²) in [7, 11) is 0. The molecule has 112 valence electrons. The summed E-state index contributed by atoms with van der Waals surface area (Å²) in [6.07, 6.45) is 0. The van der Waals surface area contributed by atoms with Gasteiger partial charge in [-0.25, -0.2) is 4.98 Å². The number of rotatable bonds is 2. The molecule has 0 atom stereocenters. The molecule has 22 heavy (non-hydrogen) atoms. The fourth-order valence-electron chi connectivity index (χ4n) is 2.52. The van der Waals surface area contributed by atoms with Gasteiger partial charge in [0.25, 0.3) is 5.56 Å². The average Bonchev–Trinajstić information content (AvgIpc) is 2.48. The number of aryl methyl sites for hydroxylation is 1. The SMILES string of the molecule is Cc1ccc(-n2c(C(C)C)nc3cc(O)ccc3c2=O)cc1. The first-order valence-electron chi connectivity index (χ1n) is 7.30. The molecule has 0 spiro atoms. The Kier molecular flexibility index (Phi) is 3.45. The highest BCUT2D eigenvalue weighted by molar-refractivity contribution is 5.79. The highest BCUT2D eigenvalue weighted by Gasteiger charge is 2.15. The van der Waals surface area contributed by atoms with E-state index in [1.807, 2.05) is 45.0 Å². The van der Waals surface area contributed by atoms with Gasteiger partial charge in [-0.3, -0.25) is 9.36 Å². The maximum atomic E-state index is 12.9. The first-order chi connectivity index (χ1) is 10.5. The zero-order chi connectivity index (χ0) is 15.9. The van der Waals surface area contributed by atoms with Gasteiger partial charge in [0.15, 0.2) is 0 Å². The third kappa shape index (κ3) is 2.37. The van der Waals surface area contributed by atoms with Crippen molar-refractivity contribution in [2.24, 2.45) is 0 Å². The number of phenolic OH excluding ortho intramolecular Hbond substituents is 1. The molecule has 4 heteroatoms. The van der Waals surface area contributed by atoms with Crippen molar-refractivity contribution in [3.8, 4) is 11.4 Å². The largest absolute Gasteiger partial charge is 0.508 e. The van der Waals surface area contributed by atoms with E-state index >= 15 is 0 Å². The molecule has 1 heterocycles. The molecule has 0 saturated carbocycles. The predicted molar refractivity (Wildman–Crippen MR) is 87.8 cm³/mol. The van der Waals surface area contributed by atoms with Crippen LogP contribution in [0.1, 0.15) is 31.2 Å². The third-order valence-corrected chi connectivity index (χ3v) is 3.69. The molecular weight excluding hydrogens is 276 g/mol. The van der Waals surface area contributed by atoms with Crippen LogP contribution in [0.5, 0.6) is 5.75 Å². The fourth-order valence-corrected chi connectivity index (χ4v) is 2.52. The summed E-state index contributed by atoms with van der Waals surface area (Å²) in [4.78, 5) is 17.5. The van der Waals surface area contributed by atoms with Gasteiger partial charge in [-0.1, -0.05) is 31.5 Å². The number of phenols is 1. The number of benzene rings is 2. The lowest BCUT2D eigenvalue weighted by molar-refractivity contribution is 0.476. The quantitative estimate of drug-likeness (QED) is 0.786. The van der Waals surface area contributed by atoms with Gasteiger partial charge in [0, 0.05) is 12.0 Å². The van der Waals surface area contributed by atoms with Crippen molar-refractivity contribution in [2.75, 3.05) is 0 Å². The van der Waals surface area contributed by atoms with Crippen molar-refractivity contribution < 1.29 is 5.11 Å². The molecule has 2 aromatic carbocycles. The number of fused-ring (bicyclic) bond motifs is 1.